The summed E-state index contributed by atoms with van der Waals surface area (Å²) in [7, 11) is -2.25. The van der Waals surface area contributed by atoms with Crippen molar-refractivity contribution in [2.24, 2.45) is 0 Å². The highest BCUT2D eigenvalue weighted by Crippen LogP contribution is 2.49. The predicted molar refractivity (Wildman–Crippen MR) is 193 cm³/mol. The Morgan fingerprint density at radius 3 is 1.35 bits per heavy atom. The molecule has 0 radical (unpaired) electrons. The molecule has 3 aromatic carbocycles. The van der Waals surface area contributed by atoms with Gasteiger partial charge in [-0.15, -0.1) is 0 Å². The van der Waals surface area contributed by atoms with Crippen LogP contribution in [0.15, 0.2) is 72.8 Å². The van der Waals surface area contributed by atoms with Gasteiger partial charge < -0.3 is 19.2 Å². The van der Waals surface area contributed by atoms with E-state index in [1.165, 1.54) is 131 Å². The highest BCUT2D eigenvalue weighted by molar-refractivity contribution is 6.32. The number of rotatable bonds is 21. The third-order valence-electron chi connectivity index (χ3n) is 9.33. The van der Waals surface area contributed by atoms with E-state index in [2.05, 4.69) is 27.7 Å². The highest BCUT2D eigenvalue weighted by atomic mass is 19.1. The van der Waals surface area contributed by atoms with Gasteiger partial charge in [-0.1, -0.05) is 110 Å². The summed E-state index contributed by atoms with van der Waals surface area (Å²) in [6, 6.07) is 16.9. The van der Waals surface area contributed by atoms with Crippen molar-refractivity contribution in [1.82, 2.24) is 0 Å². The van der Waals surface area contributed by atoms with Crippen LogP contribution in [0.1, 0.15) is 128 Å². The highest BCUT2D eigenvalue weighted by Gasteiger charge is 2.46. The molecular formula is C40H60BF3NO3+. The van der Waals surface area contributed by atoms with Crippen LogP contribution in [-0.4, -0.2) is 48.0 Å². The predicted octanol–water partition coefficient (Wildman–Crippen LogP) is 10.3. The lowest BCUT2D eigenvalue weighted by Crippen LogP contribution is -2.50. The van der Waals surface area contributed by atoms with E-state index < -0.39 is 36.3 Å². The van der Waals surface area contributed by atoms with E-state index in [4.69, 9.17) is 4.65 Å². The molecule has 0 aliphatic heterocycles. The van der Waals surface area contributed by atoms with Crippen LogP contribution in [0.2, 0.25) is 0 Å². The number of hydrogen-bond donors (Lipinski definition) is 2. The van der Waals surface area contributed by atoms with Gasteiger partial charge in [0.05, 0.1) is 26.2 Å². The van der Waals surface area contributed by atoms with Gasteiger partial charge in [-0.2, -0.15) is 0 Å². The minimum absolute atomic E-state index is 0.261. The van der Waals surface area contributed by atoms with Gasteiger partial charge in [-0.3, -0.25) is 0 Å². The molecule has 0 heterocycles. The maximum atomic E-state index is 14.3. The van der Waals surface area contributed by atoms with Crippen LogP contribution < -0.4 is 0 Å². The fraction of sp³-hybridized carbons (Fsp3) is 0.550. The van der Waals surface area contributed by atoms with E-state index in [9.17, 15) is 23.2 Å². The molecular weight excluding hydrogens is 610 g/mol. The summed E-state index contributed by atoms with van der Waals surface area (Å²) in [5, 5.41) is 19.8. The number of halogens is 3. The number of quaternary nitrogens is 1. The molecule has 1 atom stereocenters. The lowest BCUT2D eigenvalue weighted by molar-refractivity contribution is -0.929. The molecule has 0 saturated heterocycles. The van der Waals surface area contributed by atoms with Crippen molar-refractivity contribution in [3.63, 3.8) is 0 Å². The Morgan fingerprint density at radius 2 is 1.00 bits per heavy atom. The maximum absolute atomic E-state index is 14.3. The first kappa shape index (κ1) is 41.5. The first-order chi connectivity index (χ1) is 23.1. The minimum atomic E-state index is -2.25. The monoisotopic (exact) mass is 670 g/mol. The normalized spacial score (nSPS) is 12.4. The van der Waals surface area contributed by atoms with Crippen LogP contribution in [0.5, 0.6) is 0 Å². The quantitative estimate of drug-likeness (QED) is 0.0876. The molecule has 0 aliphatic carbocycles. The SMILES string of the molecule is CCCCC(c1cccc(F)c1)C(OB(O)O)(c1cccc(F)c1)c1cccc(F)c1.CCCC[N+](CCCC)(CCCC)CCCC. The van der Waals surface area contributed by atoms with Crippen molar-refractivity contribution >= 4 is 7.32 Å². The molecule has 0 bridgehead atoms. The fourth-order valence-electron chi connectivity index (χ4n) is 6.77. The second-order valence-corrected chi connectivity index (χ2v) is 13.1. The number of unbranched alkanes of at least 4 members (excludes halogenated alkanes) is 5. The van der Waals surface area contributed by atoms with E-state index in [0.29, 0.717) is 18.4 Å². The topological polar surface area (TPSA) is 49.7 Å². The van der Waals surface area contributed by atoms with Crippen LogP contribution in [0.4, 0.5) is 13.2 Å². The average molecular weight is 671 g/mol. The second kappa shape index (κ2) is 22.1. The molecule has 8 heteroatoms. The van der Waals surface area contributed by atoms with Crippen molar-refractivity contribution in [2.45, 2.75) is 117 Å². The Kier molecular flexibility index (Phi) is 19.2. The van der Waals surface area contributed by atoms with E-state index >= 15 is 0 Å². The van der Waals surface area contributed by atoms with E-state index in [0.717, 1.165) is 6.42 Å². The van der Waals surface area contributed by atoms with Crippen LogP contribution in [0.3, 0.4) is 0 Å². The standard InChI is InChI=1S/C24H24BF3O3.C16H36N/c1-2-3-13-23(17-7-4-10-20(26)14-17)24(31-25(29)30,18-8-5-11-21(27)15-18)19-9-6-12-22(28)16-19;1-5-9-13-17(14-10-6-2,15-11-7-3)16-12-8-4/h4-12,14-16,23,29-30H,2-3,13H2,1H3;5-16H2,1-4H3/q;+1. The molecule has 0 fully saturated rings. The van der Waals surface area contributed by atoms with Gasteiger partial charge in [0, 0.05) is 5.92 Å². The number of hydrogen-bond acceptors (Lipinski definition) is 3. The second-order valence-electron chi connectivity index (χ2n) is 13.1. The summed E-state index contributed by atoms with van der Waals surface area (Å²) < 4.78 is 49.9. The number of nitrogens with zero attached hydrogens (tertiary/aromatic N) is 1. The molecule has 2 N–H and O–H groups in total. The largest absolute Gasteiger partial charge is 0.634 e. The Hall–Kier alpha value is -2.65. The van der Waals surface area contributed by atoms with Gasteiger partial charge in [0.2, 0.25) is 0 Å². The summed E-state index contributed by atoms with van der Waals surface area (Å²) in [4.78, 5) is 0. The third kappa shape index (κ3) is 12.7. The summed E-state index contributed by atoms with van der Waals surface area (Å²) in [6.07, 6.45) is 13.0. The van der Waals surface area contributed by atoms with Gasteiger partial charge in [-0.25, -0.2) is 13.2 Å². The van der Waals surface area contributed by atoms with Gasteiger partial charge in [0.25, 0.3) is 0 Å². The first-order valence-corrected chi connectivity index (χ1v) is 18.3. The van der Waals surface area contributed by atoms with Gasteiger partial charge in [0.15, 0.2) is 0 Å². The lowest BCUT2D eigenvalue weighted by Gasteiger charge is -2.42. The van der Waals surface area contributed by atoms with Gasteiger partial charge in [0.1, 0.15) is 23.1 Å². The summed E-state index contributed by atoms with van der Waals surface area (Å²) in [5.41, 5.74) is -0.655. The molecule has 3 rings (SSSR count). The lowest BCUT2D eigenvalue weighted by atomic mass is 9.70. The van der Waals surface area contributed by atoms with Crippen molar-refractivity contribution < 1.29 is 32.4 Å². The Labute approximate surface area is 289 Å². The van der Waals surface area contributed by atoms with Crippen molar-refractivity contribution in [3.05, 3.63) is 107 Å². The molecule has 3 aromatic rings. The van der Waals surface area contributed by atoms with Crippen LogP contribution >= 0.6 is 0 Å². The summed E-state index contributed by atoms with van der Waals surface area (Å²) in [5.74, 6) is -2.28. The Morgan fingerprint density at radius 1 is 0.604 bits per heavy atom. The summed E-state index contributed by atoms with van der Waals surface area (Å²) in [6.45, 7) is 17.0. The first-order valence-electron chi connectivity index (χ1n) is 18.3. The molecule has 48 heavy (non-hydrogen) atoms. The van der Waals surface area contributed by atoms with E-state index in [1.54, 1.807) is 24.3 Å². The molecule has 0 aliphatic rings. The van der Waals surface area contributed by atoms with E-state index in [1.807, 2.05) is 6.92 Å². The molecule has 0 saturated carbocycles. The maximum Gasteiger partial charge on any atom is 0.634 e. The molecule has 0 aromatic heterocycles. The zero-order valence-corrected chi connectivity index (χ0v) is 30.1. The molecule has 0 spiro atoms. The molecule has 0 amide bonds. The average Bonchev–Trinajstić information content (AvgIpc) is 3.07. The van der Waals surface area contributed by atoms with Crippen LogP contribution in [0.25, 0.3) is 0 Å². The van der Waals surface area contributed by atoms with Crippen LogP contribution in [-0.2, 0) is 10.3 Å². The Balaban J connectivity index is 0.000000401. The third-order valence-corrected chi connectivity index (χ3v) is 9.33. The van der Waals surface area contributed by atoms with Crippen molar-refractivity contribution in [1.29, 1.82) is 0 Å². The molecule has 4 nitrogen and oxygen atoms in total. The zero-order chi connectivity index (χ0) is 35.4. The molecule has 1 unspecified atom stereocenters. The summed E-state index contributed by atoms with van der Waals surface area (Å²) >= 11 is 0. The number of benzene rings is 3. The zero-order valence-electron chi connectivity index (χ0n) is 30.1. The molecule has 266 valence electrons. The fourth-order valence-corrected chi connectivity index (χ4v) is 6.77. The van der Waals surface area contributed by atoms with Crippen LogP contribution in [0, 0.1) is 17.5 Å². The van der Waals surface area contributed by atoms with Gasteiger partial charge >= 0.3 is 7.32 Å². The van der Waals surface area contributed by atoms with Crippen molar-refractivity contribution in [2.75, 3.05) is 26.2 Å². The smallest absolute Gasteiger partial charge is 0.402 e. The van der Waals surface area contributed by atoms with Gasteiger partial charge in [-0.05, 0) is 85.2 Å². The minimum Gasteiger partial charge on any atom is -0.402 e. The van der Waals surface area contributed by atoms with E-state index in [-0.39, 0.29) is 11.1 Å². The van der Waals surface area contributed by atoms with Crippen molar-refractivity contribution in [3.8, 4) is 0 Å². The Bertz CT molecular complexity index is 1220.